The molecule has 0 radical (unpaired) electrons. The minimum absolute atomic E-state index is 0.132. The van der Waals surface area contributed by atoms with Crippen LogP contribution in [-0.2, 0) is 14.4 Å². The molecule has 2 aliphatic carbocycles. The van der Waals surface area contributed by atoms with Gasteiger partial charge in [0.2, 0.25) is 17.7 Å². The first-order chi connectivity index (χ1) is 11.9. The maximum absolute atomic E-state index is 12.8. The highest BCUT2D eigenvalue weighted by Gasteiger charge is 2.60. The average molecular weight is 424 g/mol. The Morgan fingerprint density at radius 3 is 2.40 bits per heavy atom. The van der Waals surface area contributed by atoms with Gasteiger partial charge in [0.15, 0.2) is 0 Å². The summed E-state index contributed by atoms with van der Waals surface area (Å²) in [5.74, 6) is -1.21. The van der Waals surface area contributed by atoms with E-state index in [0.717, 1.165) is 15.8 Å². The molecule has 1 aliphatic heterocycles. The molecule has 1 N–H and O–H groups in total. The van der Waals surface area contributed by atoms with Gasteiger partial charge in [-0.3, -0.25) is 19.3 Å². The number of hydrogen-bond donors (Lipinski definition) is 1. The summed E-state index contributed by atoms with van der Waals surface area (Å²) in [6, 6.07) is 4.22. The summed E-state index contributed by atoms with van der Waals surface area (Å²) >= 11 is 9.42. The predicted molar refractivity (Wildman–Crippen MR) is 96.8 cm³/mol. The van der Waals surface area contributed by atoms with Gasteiger partial charge in [-0.05, 0) is 43.4 Å². The number of anilines is 1. The molecular formula is C18H16BrClN2O3. The molecule has 5 atom stereocenters. The third kappa shape index (κ3) is 2.54. The molecule has 1 aromatic rings. The molecule has 130 valence electrons. The Balaban J connectivity index is 1.53. The molecule has 3 amide bonds. The molecular weight excluding hydrogens is 408 g/mol. The van der Waals surface area contributed by atoms with E-state index in [0.29, 0.717) is 10.7 Å². The van der Waals surface area contributed by atoms with Crippen LogP contribution in [0.1, 0.15) is 13.3 Å². The Hall–Kier alpha value is -1.66. The summed E-state index contributed by atoms with van der Waals surface area (Å²) in [6.07, 6.45) is 4.94. The van der Waals surface area contributed by atoms with E-state index in [9.17, 15) is 14.4 Å². The third-order valence-electron chi connectivity index (χ3n) is 5.46. The number of hydrogen-bond acceptors (Lipinski definition) is 3. The van der Waals surface area contributed by atoms with E-state index in [-0.39, 0.29) is 35.5 Å². The van der Waals surface area contributed by atoms with E-state index < -0.39 is 11.9 Å². The summed E-state index contributed by atoms with van der Waals surface area (Å²) in [5.41, 5.74) is 0.447. The van der Waals surface area contributed by atoms with Crippen molar-refractivity contribution in [1.82, 2.24) is 4.90 Å². The van der Waals surface area contributed by atoms with Crippen molar-refractivity contribution in [1.29, 1.82) is 0 Å². The quantitative estimate of drug-likeness (QED) is 0.599. The second kappa shape index (κ2) is 5.95. The molecule has 5 nitrogen and oxygen atoms in total. The smallest absolute Gasteiger partial charge is 0.247 e. The fourth-order valence-electron chi connectivity index (χ4n) is 4.25. The number of imide groups is 1. The topological polar surface area (TPSA) is 66.5 Å². The standard InChI is InChI=1S/C18H16BrClN2O3/c1-8(16(23)21-13-5-4-11(19)7-12(13)20)22-17(24)14-9-2-3-10(6-9)15(14)18(22)25/h2-5,7-10,14-15H,6H2,1H3,(H,21,23)/t8-,9-,10+,14+,15-/m0/s1. The summed E-state index contributed by atoms with van der Waals surface area (Å²) in [7, 11) is 0. The normalized spacial score (nSPS) is 30.8. The van der Waals surface area contributed by atoms with Crippen LogP contribution in [-0.4, -0.2) is 28.7 Å². The minimum atomic E-state index is -0.871. The third-order valence-corrected chi connectivity index (χ3v) is 6.27. The van der Waals surface area contributed by atoms with Crippen molar-refractivity contribution in [2.75, 3.05) is 5.32 Å². The van der Waals surface area contributed by atoms with Gasteiger partial charge in [0.25, 0.3) is 0 Å². The van der Waals surface area contributed by atoms with E-state index in [1.807, 2.05) is 12.2 Å². The van der Waals surface area contributed by atoms with Gasteiger partial charge in [0.1, 0.15) is 6.04 Å². The second-order valence-electron chi connectivity index (χ2n) is 6.84. The van der Waals surface area contributed by atoms with Crippen LogP contribution in [0.25, 0.3) is 0 Å². The molecule has 2 bridgehead atoms. The van der Waals surface area contributed by atoms with Crippen LogP contribution in [0, 0.1) is 23.7 Å². The number of fused-ring (bicyclic) bond motifs is 5. The lowest BCUT2D eigenvalue weighted by Gasteiger charge is -2.24. The molecule has 7 heteroatoms. The number of nitrogens with one attached hydrogen (secondary N) is 1. The number of likely N-dealkylation sites (tertiary alicyclic amines) is 1. The molecule has 1 saturated heterocycles. The Kier molecular flexibility index (Phi) is 4.00. The minimum Gasteiger partial charge on any atom is -0.323 e. The van der Waals surface area contributed by atoms with Crippen molar-refractivity contribution in [3.8, 4) is 0 Å². The maximum atomic E-state index is 12.8. The highest BCUT2D eigenvalue weighted by molar-refractivity contribution is 9.10. The van der Waals surface area contributed by atoms with Gasteiger partial charge in [-0.2, -0.15) is 0 Å². The number of halogens is 2. The predicted octanol–water partition coefficient (Wildman–Crippen LogP) is 3.24. The largest absolute Gasteiger partial charge is 0.323 e. The SMILES string of the molecule is C[C@@H](C(=O)Nc1ccc(Br)cc1Cl)N1C(=O)[C@@H]2[C@H](C1=O)[C@H]1C=C[C@@H]2C1. The van der Waals surface area contributed by atoms with Gasteiger partial charge in [-0.25, -0.2) is 0 Å². The molecule has 0 spiro atoms. The zero-order valence-electron chi connectivity index (χ0n) is 13.4. The van der Waals surface area contributed by atoms with Crippen LogP contribution in [0.5, 0.6) is 0 Å². The lowest BCUT2D eigenvalue weighted by molar-refractivity contribution is -0.146. The fourth-order valence-corrected chi connectivity index (χ4v) is 4.97. The van der Waals surface area contributed by atoms with Gasteiger partial charge in [0.05, 0.1) is 22.5 Å². The zero-order chi connectivity index (χ0) is 17.9. The number of rotatable bonds is 3. The van der Waals surface area contributed by atoms with Gasteiger partial charge in [-0.15, -0.1) is 0 Å². The summed E-state index contributed by atoms with van der Waals surface area (Å²) in [6.45, 7) is 1.58. The van der Waals surface area contributed by atoms with Crippen LogP contribution < -0.4 is 5.32 Å². The first-order valence-corrected chi connectivity index (χ1v) is 9.36. The number of amides is 3. The fraction of sp³-hybridized carbons (Fsp3) is 0.389. The number of nitrogens with zero attached hydrogens (tertiary/aromatic N) is 1. The van der Waals surface area contributed by atoms with Crippen LogP contribution in [0.3, 0.4) is 0 Å². The van der Waals surface area contributed by atoms with Crippen LogP contribution in [0.2, 0.25) is 5.02 Å². The Morgan fingerprint density at radius 1 is 1.24 bits per heavy atom. The maximum Gasteiger partial charge on any atom is 0.247 e. The molecule has 25 heavy (non-hydrogen) atoms. The molecule has 1 saturated carbocycles. The van der Waals surface area contributed by atoms with Crippen LogP contribution >= 0.6 is 27.5 Å². The molecule has 1 aromatic carbocycles. The monoisotopic (exact) mass is 422 g/mol. The average Bonchev–Trinajstić information content (AvgIpc) is 3.23. The number of allylic oxidation sites excluding steroid dienone is 2. The summed E-state index contributed by atoms with van der Waals surface area (Å²) in [4.78, 5) is 39.2. The van der Waals surface area contributed by atoms with Crippen molar-refractivity contribution in [2.24, 2.45) is 23.7 Å². The number of carbonyl (C=O) groups excluding carboxylic acids is 3. The molecule has 0 unspecified atom stereocenters. The lowest BCUT2D eigenvalue weighted by atomic mass is 9.85. The van der Waals surface area contributed by atoms with E-state index in [2.05, 4.69) is 21.2 Å². The van der Waals surface area contributed by atoms with E-state index >= 15 is 0 Å². The van der Waals surface area contributed by atoms with Gasteiger partial charge in [0, 0.05) is 4.47 Å². The van der Waals surface area contributed by atoms with Gasteiger partial charge >= 0.3 is 0 Å². The molecule has 2 fully saturated rings. The van der Waals surface area contributed by atoms with Crippen molar-refractivity contribution in [3.05, 3.63) is 39.8 Å². The molecule has 4 rings (SSSR count). The van der Waals surface area contributed by atoms with Crippen LogP contribution in [0.4, 0.5) is 5.69 Å². The van der Waals surface area contributed by atoms with Crippen LogP contribution in [0.15, 0.2) is 34.8 Å². The van der Waals surface area contributed by atoms with Crippen molar-refractivity contribution >= 4 is 50.9 Å². The van der Waals surface area contributed by atoms with Gasteiger partial charge in [-0.1, -0.05) is 39.7 Å². The van der Waals surface area contributed by atoms with Gasteiger partial charge < -0.3 is 5.32 Å². The van der Waals surface area contributed by atoms with Crippen molar-refractivity contribution in [2.45, 2.75) is 19.4 Å². The van der Waals surface area contributed by atoms with E-state index in [1.54, 1.807) is 25.1 Å². The summed E-state index contributed by atoms with van der Waals surface area (Å²) in [5, 5.41) is 3.09. The van der Waals surface area contributed by atoms with Crippen molar-refractivity contribution < 1.29 is 14.4 Å². The highest BCUT2D eigenvalue weighted by atomic mass is 79.9. The summed E-state index contributed by atoms with van der Waals surface area (Å²) < 4.78 is 0.796. The number of carbonyl (C=O) groups is 3. The molecule has 1 heterocycles. The Labute approximate surface area is 158 Å². The first kappa shape index (κ1) is 16.8. The van der Waals surface area contributed by atoms with Crippen molar-refractivity contribution in [3.63, 3.8) is 0 Å². The Morgan fingerprint density at radius 2 is 1.84 bits per heavy atom. The molecule has 3 aliphatic rings. The van der Waals surface area contributed by atoms with E-state index in [1.165, 1.54) is 0 Å². The van der Waals surface area contributed by atoms with E-state index in [4.69, 9.17) is 11.6 Å². The second-order valence-corrected chi connectivity index (χ2v) is 8.16. The lowest BCUT2D eigenvalue weighted by Crippen LogP contribution is -2.46. The molecule has 0 aromatic heterocycles. The Bertz CT molecular complexity index is 795. The first-order valence-electron chi connectivity index (χ1n) is 8.19. The zero-order valence-corrected chi connectivity index (χ0v) is 15.8. The highest BCUT2D eigenvalue weighted by Crippen LogP contribution is 2.52. The number of benzene rings is 1.